The van der Waals surface area contributed by atoms with Gasteiger partial charge in [0.25, 0.3) is 0 Å². The Morgan fingerprint density at radius 3 is 2.30 bits per heavy atom. The molecule has 0 aromatic rings. The van der Waals surface area contributed by atoms with Gasteiger partial charge in [-0.15, -0.1) is 0 Å². The predicted molar refractivity (Wildman–Crippen MR) is 39.6 cm³/mol. The lowest BCUT2D eigenvalue weighted by atomic mass is 9.94. The summed E-state index contributed by atoms with van der Waals surface area (Å²) in [4.78, 5) is 0. The third-order valence-corrected chi connectivity index (χ3v) is 2.52. The van der Waals surface area contributed by atoms with E-state index in [2.05, 4.69) is 13.8 Å². The van der Waals surface area contributed by atoms with Crippen molar-refractivity contribution in [2.75, 3.05) is 0 Å². The first-order valence-electron chi connectivity index (χ1n) is 4.08. The second-order valence-electron chi connectivity index (χ2n) is 3.00. The fourth-order valence-corrected chi connectivity index (χ4v) is 1.56. The fourth-order valence-electron chi connectivity index (χ4n) is 1.56. The van der Waals surface area contributed by atoms with E-state index in [1.807, 2.05) is 0 Å². The highest BCUT2D eigenvalue weighted by molar-refractivity contribution is 4.83. The molecule has 1 unspecified atom stereocenters. The molecule has 0 spiro atoms. The van der Waals surface area contributed by atoms with E-state index in [4.69, 9.17) is 9.84 Å². The molecule has 1 heterocycles. The first kappa shape index (κ1) is 8.02. The van der Waals surface area contributed by atoms with Crippen molar-refractivity contribution < 1.29 is 9.84 Å². The van der Waals surface area contributed by atoms with Crippen molar-refractivity contribution in [2.24, 2.45) is 0 Å². The Morgan fingerprint density at radius 2 is 2.10 bits per heavy atom. The molecule has 1 rings (SSSR count). The number of rotatable bonds is 2. The quantitative estimate of drug-likeness (QED) is 0.639. The van der Waals surface area contributed by atoms with Crippen molar-refractivity contribution in [3.05, 3.63) is 0 Å². The van der Waals surface area contributed by atoms with E-state index < -0.39 is 6.29 Å². The maximum absolute atomic E-state index is 9.10. The summed E-state index contributed by atoms with van der Waals surface area (Å²) >= 11 is 0. The van der Waals surface area contributed by atoms with Crippen LogP contribution in [0.15, 0.2) is 0 Å². The summed E-state index contributed by atoms with van der Waals surface area (Å²) in [7, 11) is 0. The van der Waals surface area contributed by atoms with Crippen LogP contribution in [-0.2, 0) is 4.74 Å². The molecule has 1 fully saturated rings. The third kappa shape index (κ3) is 1.32. The van der Waals surface area contributed by atoms with Gasteiger partial charge in [-0.3, -0.25) is 0 Å². The Morgan fingerprint density at radius 1 is 1.50 bits per heavy atom. The highest BCUT2D eigenvalue weighted by Crippen LogP contribution is 2.34. The largest absolute Gasteiger partial charge is 0.368 e. The van der Waals surface area contributed by atoms with Gasteiger partial charge in [0.15, 0.2) is 6.29 Å². The minimum absolute atomic E-state index is 0.000579. The molecule has 0 aromatic carbocycles. The highest BCUT2D eigenvalue weighted by Gasteiger charge is 2.35. The van der Waals surface area contributed by atoms with Crippen LogP contribution in [0, 0.1) is 0 Å². The lowest BCUT2D eigenvalue weighted by molar-refractivity contribution is -0.139. The summed E-state index contributed by atoms with van der Waals surface area (Å²) in [5, 5.41) is 9.10. The average molecular weight is 144 g/mol. The molecular formula is C8H16O2. The number of aliphatic hydroxyl groups excluding tert-OH is 1. The van der Waals surface area contributed by atoms with Crippen molar-refractivity contribution in [1.82, 2.24) is 0 Å². The minimum atomic E-state index is -0.500. The molecule has 1 aliphatic heterocycles. The number of aliphatic hydroxyl groups is 1. The third-order valence-electron chi connectivity index (χ3n) is 2.52. The number of hydrogen-bond donors (Lipinski definition) is 1. The molecule has 1 aliphatic rings. The summed E-state index contributed by atoms with van der Waals surface area (Å²) in [6, 6.07) is 0. The molecule has 1 saturated heterocycles. The molecule has 10 heavy (non-hydrogen) atoms. The van der Waals surface area contributed by atoms with Gasteiger partial charge >= 0.3 is 0 Å². The molecule has 1 atom stereocenters. The maximum atomic E-state index is 9.10. The minimum Gasteiger partial charge on any atom is -0.368 e. The smallest absolute Gasteiger partial charge is 0.155 e. The van der Waals surface area contributed by atoms with Gasteiger partial charge in [0.2, 0.25) is 0 Å². The summed E-state index contributed by atoms with van der Waals surface area (Å²) in [6.07, 6.45) is 3.35. The standard InChI is InChI=1S/C8H16O2/c1-3-8(4-2)6-5-7(9)10-8/h7,9H,3-6H2,1-2H3. The summed E-state index contributed by atoms with van der Waals surface area (Å²) in [5.41, 5.74) is -0.000579. The SMILES string of the molecule is CCC1(CC)CCC(O)O1. The zero-order chi connectivity index (χ0) is 7.61. The van der Waals surface area contributed by atoms with Gasteiger partial charge in [-0.1, -0.05) is 13.8 Å². The van der Waals surface area contributed by atoms with Crippen molar-refractivity contribution in [3.8, 4) is 0 Å². The van der Waals surface area contributed by atoms with E-state index in [1.165, 1.54) is 0 Å². The number of hydrogen-bond acceptors (Lipinski definition) is 2. The molecular weight excluding hydrogens is 128 g/mol. The Bertz CT molecular complexity index is 108. The Kier molecular flexibility index (Phi) is 2.32. The van der Waals surface area contributed by atoms with Crippen molar-refractivity contribution in [2.45, 2.75) is 51.4 Å². The van der Waals surface area contributed by atoms with Crippen LogP contribution in [0.25, 0.3) is 0 Å². The summed E-state index contributed by atoms with van der Waals surface area (Å²) in [5.74, 6) is 0. The molecule has 60 valence electrons. The van der Waals surface area contributed by atoms with Gasteiger partial charge in [0.1, 0.15) is 0 Å². The van der Waals surface area contributed by atoms with Crippen molar-refractivity contribution in [1.29, 1.82) is 0 Å². The van der Waals surface area contributed by atoms with Gasteiger partial charge in [-0.05, 0) is 19.3 Å². The topological polar surface area (TPSA) is 29.5 Å². The van der Waals surface area contributed by atoms with Gasteiger partial charge in [-0.2, -0.15) is 0 Å². The van der Waals surface area contributed by atoms with E-state index in [0.29, 0.717) is 0 Å². The second-order valence-corrected chi connectivity index (χ2v) is 3.00. The van der Waals surface area contributed by atoms with E-state index in [-0.39, 0.29) is 5.60 Å². The van der Waals surface area contributed by atoms with Crippen LogP contribution in [0.5, 0.6) is 0 Å². The molecule has 2 nitrogen and oxygen atoms in total. The van der Waals surface area contributed by atoms with Crippen LogP contribution in [0.2, 0.25) is 0 Å². The van der Waals surface area contributed by atoms with Crippen LogP contribution in [0.1, 0.15) is 39.5 Å². The highest BCUT2D eigenvalue weighted by atomic mass is 16.6. The molecule has 0 radical (unpaired) electrons. The molecule has 0 aromatic heterocycles. The lowest BCUT2D eigenvalue weighted by Gasteiger charge is -2.25. The van der Waals surface area contributed by atoms with Gasteiger partial charge < -0.3 is 9.84 Å². The van der Waals surface area contributed by atoms with E-state index in [9.17, 15) is 0 Å². The normalized spacial score (nSPS) is 30.9. The first-order chi connectivity index (χ1) is 4.72. The zero-order valence-electron chi connectivity index (χ0n) is 6.76. The van der Waals surface area contributed by atoms with Crippen LogP contribution in [0.3, 0.4) is 0 Å². The van der Waals surface area contributed by atoms with Crippen molar-refractivity contribution >= 4 is 0 Å². The molecule has 1 N–H and O–H groups in total. The van der Waals surface area contributed by atoms with Gasteiger partial charge in [0, 0.05) is 6.42 Å². The molecule has 2 heteroatoms. The molecule has 0 amide bonds. The molecule has 0 aliphatic carbocycles. The van der Waals surface area contributed by atoms with Crippen LogP contribution in [-0.4, -0.2) is 17.0 Å². The van der Waals surface area contributed by atoms with Crippen molar-refractivity contribution in [3.63, 3.8) is 0 Å². The Hall–Kier alpha value is -0.0800. The lowest BCUT2D eigenvalue weighted by Crippen LogP contribution is -2.26. The predicted octanol–water partition coefficient (Wildman–Crippen LogP) is 1.67. The van der Waals surface area contributed by atoms with Crippen LogP contribution in [0.4, 0.5) is 0 Å². The summed E-state index contributed by atoms with van der Waals surface area (Å²) < 4.78 is 5.40. The maximum Gasteiger partial charge on any atom is 0.155 e. The fraction of sp³-hybridized carbons (Fsp3) is 1.00. The Labute approximate surface area is 62.2 Å². The summed E-state index contributed by atoms with van der Waals surface area (Å²) in [6.45, 7) is 4.23. The average Bonchev–Trinajstić information content (AvgIpc) is 2.33. The van der Waals surface area contributed by atoms with Gasteiger partial charge in [0.05, 0.1) is 5.60 Å². The molecule has 0 saturated carbocycles. The van der Waals surface area contributed by atoms with Crippen LogP contribution < -0.4 is 0 Å². The second kappa shape index (κ2) is 2.89. The first-order valence-corrected chi connectivity index (χ1v) is 4.08. The monoisotopic (exact) mass is 144 g/mol. The zero-order valence-corrected chi connectivity index (χ0v) is 6.76. The Balaban J connectivity index is 2.51. The molecule has 0 bridgehead atoms. The van der Waals surface area contributed by atoms with Gasteiger partial charge in [-0.25, -0.2) is 0 Å². The van der Waals surface area contributed by atoms with E-state index >= 15 is 0 Å². The van der Waals surface area contributed by atoms with E-state index in [0.717, 1.165) is 25.7 Å². The number of ether oxygens (including phenoxy) is 1. The van der Waals surface area contributed by atoms with E-state index in [1.54, 1.807) is 0 Å². The van der Waals surface area contributed by atoms with Crippen LogP contribution >= 0.6 is 0 Å².